The largest absolute Gasteiger partial charge is 0.399 e. The van der Waals surface area contributed by atoms with E-state index < -0.39 is 16.1 Å². The van der Waals surface area contributed by atoms with Crippen LogP contribution in [-0.2, 0) is 10.0 Å². The molecule has 0 saturated carbocycles. The van der Waals surface area contributed by atoms with E-state index >= 15 is 0 Å². The fourth-order valence-corrected chi connectivity index (χ4v) is 2.80. The smallest absolute Gasteiger partial charge is 0.242 e. The molecule has 0 amide bonds. The van der Waals surface area contributed by atoms with Gasteiger partial charge in [-0.15, -0.1) is 12.3 Å². The molecule has 94 valence electrons. The second-order valence-corrected chi connectivity index (χ2v) is 5.48. The van der Waals surface area contributed by atoms with Crippen LogP contribution in [0.3, 0.4) is 0 Å². The molecule has 0 aliphatic heterocycles. The van der Waals surface area contributed by atoms with Crippen LogP contribution >= 0.6 is 0 Å². The third kappa shape index (κ3) is 3.24. The summed E-state index contributed by atoms with van der Waals surface area (Å²) >= 11 is 0. The zero-order chi connectivity index (χ0) is 13.8. The van der Waals surface area contributed by atoms with Gasteiger partial charge in [0.2, 0.25) is 10.0 Å². The zero-order valence-electron chi connectivity index (χ0n) is 9.84. The molecule has 3 N–H and O–H groups in total. The van der Waals surface area contributed by atoms with Crippen molar-refractivity contribution in [3.8, 4) is 18.4 Å². The van der Waals surface area contributed by atoms with Crippen LogP contribution in [0.2, 0.25) is 0 Å². The number of nitrogens with two attached hydrogens (primary N) is 1. The normalized spacial score (nSPS) is 12.4. The number of benzene rings is 1. The van der Waals surface area contributed by atoms with Crippen LogP contribution in [0, 0.1) is 23.7 Å². The van der Waals surface area contributed by atoms with Crippen LogP contribution in [0.15, 0.2) is 23.1 Å². The van der Waals surface area contributed by atoms with E-state index in [-0.39, 0.29) is 16.9 Å². The van der Waals surface area contributed by atoms with Gasteiger partial charge in [0.15, 0.2) is 0 Å². The van der Waals surface area contributed by atoms with Crippen LogP contribution < -0.4 is 10.5 Å². The van der Waals surface area contributed by atoms with Gasteiger partial charge in [0.25, 0.3) is 0 Å². The third-order valence-electron chi connectivity index (χ3n) is 2.19. The molecule has 0 radical (unpaired) electrons. The van der Waals surface area contributed by atoms with Crippen LogP contribution in [-0.4, -0.2) is 14.5 Å². The van der Waals surface area contributed by atoms with Crippen molar-refractivity contribution in [2.75, 3.05) is 5.73 Å². The molecule has 18 heavy (non-hydrogen) atoms. The number of terminal acetylenes is 1. The molecule has 1 aromatic carbocycles. The quantitative estimate of drug-likeness (QED) is 0.621. The lowest BCUT2D eigenvalue weighted by atomic mass is 10.2. The predicted molar refractivity (Wildman–Crippen MR) is 68.8 cm³/mol. The fraction of sp³-hybridized carbons (Fsp3) is 0.250. The standard InChI is InChI=1S/C12H13N3O2S/c1-3-4-9(2)15-18(16,17)12-6-5-11(14)7-10(12)8-13/h1,5-7,9,15H,4,14H2,2H3. The number of nitrogen functional groups attached to an aromatic ring is 1. The molecule has 1 rings (SSSR count). The van der Waals surface area contributed by atoms with Crippen LogP contribution in [0.1, 0.15) is 18.9 Å². The maximum Gasteiger partial charge on any atom is 0.242 e. The van der Waals surface area contributed by atoms with E-state index in [1.165, 1.54) is 18.2 Å². The molecule has 0 fully saturated rings. The first-order valence-electron chi connectivity index (χ1n) is 5.16. The first-order chi connectivity index (χ1) is 8.40. The third-order valence-corrected chi connectivity index (χ3v) is 3.84. The number of nitriles is 1. The molecule has 0 spiro atoms. The molecule has 0 saturated heterocycles. The molecular formula is C12H13N3O2S. The van der Waals surface area contributed by atoms with E-state index in [1.54, 1.807) is 6.92 Å². The average molecular weight is 263 g/mol. The highest BCUT2D eigenvalue weighted by Crippen LogP contribution is 2.18. The predicted octanol–water partition coefficient (Wildman–Crippen LogP) is 0.831. The Labute approximate surface area is 107 Å². The second-order valence-electron chi connectivity index (χ2n) is 3.80. The summed E-state index contributed by atoms with van der Waals surface area (Å²) in [7, 11) is -3.76. The van der Waals surface area contributed by atoms with Gasteiger partial charge in [0.1, 0.15) is 6.07 Å². The Morgan fingerprint density at radius 2 is 2.22 bits per heavy atom. The molecule has 0 aliphatic carbocycles. The van der Waals surface area contributed by atoms with Crippen molar-refractivity contribution < 1.29 is 8.42 Å². The molecule has 0 bridgehead atoms. The summed E-state index contributed by atoms with van der Waals surface area (Å²) in [6.07, 6.45) is 5.38. The average Bonchev–Trinajstić information content (AvgIpc) is 2.27. The Kier molecular flexibility index (Phi) is 4.33. The van der Waals surface area contributed by atoms with E-state index in [9.17, 15) is 8.42 Å². The number of nitrogens with one attached hydrogen (secondary N) is 1. The lowest BCUT2D eigenvalue weighted by Crippen LogP contribution is -2.32. The van der Waals surface area contributed by atoms with E-state index in [4.69, 9.17) is 17.4 Å². The highest BCUT2D eigenvalue weighted by Gasteiger charge is 2.20. The summed E-state index contributed by atoms with van der Waals surface area (Å²) in [5.74, 6) is 2.37. The Morgan fingerprint density at radius 3 is 2.78 bits per heavy atom. The summed E-state index contributed by atoms with van der Waals surface area (Å²) in [5.41, 5.74) is 5.85. The number of anilines is 1. The van der Waals surface area contributed by atoms with Crippen LogP contribution in [0.4, 0.5) is 5.69 Å². The van der Waals surface area contributed by atoms with Crippen LogP contribution in [0.25, 0.3) is 0 Å². The van der Waals surface area contributed by atoms with Crippen molar-refractivity contribution in [1.82, 2.24) is 4.72 Å². The maximum atomic E-state index is 12.0. The van der Waals surface area contributed by atoms with Crippen molar-refractivity contribution in [3.63, 3.8) is 0 Å². The number of hydrogen-bond donors (Lipinski definition) is 2. The summed E-state index contributed by atoms with van der Waals surface area (Å²) < 4.78 is 26.5. The summed E-state index contributed by atoms with van der Waals surface area (Å²) in [6.45, 7) is 1.65. The lowest BCUT2D eigenvalue weighted by molar-refractivity contribution is 0.563. The van der Waals surface area contributed by atoms with Crippen molar-refractivity contribution in [1.29, 1.82) is 5.26 Å². The lowest BCUT2D eigenvalue weighted by Gasteiger charge is -2.12. The monoisotopic (exact) mass is 263 g/mol. The first-order valence-corrected chi connectivity index (χ1v) is 6.64. The minimum Gasteiger partial charge on any atom is -0.399 e. The van der Waals surface area contributed by atoms with Gasteiger partial charge in [0.05, 0.1) is 10.5 Å². The molecule has 0 aromatic heterocycles. The van der Waals surface area contributed by atoms with Gasteiger partial charge in [-0.25, -0.2) is 13.1 Å². The highest BCUT2D eigenvalue weighted by atomic mass is 32.2. The van der Waals surface area contributed by atoms with Crippen molar-refractivity contribution in [2.24, 2.45) is 0 Å². The van der Waals surface area contributed by atoms with Crippen molar-refractivity contribution in [2.45, 2.75) is 24.3 Å². The van der Waals surface area contributed by atoms with Gasteiger partial charge < -0.3 is 5.73 Å². The van der Waals surface area contributed by atoms with E-state index in [0.29, 0.717) is 5.69 Å². The van der Waals surface area contributed by atoms with Crippen molar-refractivity contribution in [3.05, 3.63) is 23.8 Å². The Balaban J connectivity index is 3.15. The van der Waals surface area contributed by atoms with Gasteiger partial charge in [-0.2, -0.15) is 5.26 Å². The Bertz CT molecular complexity index is 624. The first kappa shape index (κ1) is 14.0. The maximum absolute atomic E-state index is 12.0. The fourth-order valence-electron chi connectivity index (χ4n) is 1.42. The topological polar surface area (TPSA) is 96.0 Å². The summed E-state index contributed by atoms with van der Waals surface area (Å²) in [6, 6.07) is 5.47. The van der Waals surface area contributed by atoms with Crippen molar-refractivity contribution >= 4 is 15.7 Å². The van der Waals surface area contributed by atoms with Gasteiger partial charge in [0, 0.05) is 18.2 Å². The number of sulfonamides is 1. The zero-order valence-corrected chi connectivity index (χ0v) is 10.7. The van der Waals surface area contributed by atoms with Gasteiger partial charge in [-0.1, -0.05) is 0 Å². The van der Waals surface area contributed by atoms with E-state index in [1.807, 2.05) is 6.07 Å². The summed E-state index contributed by atoms with van der Waals surface area (Å²) in [4.78, 5) is -0.0944. The Morgan fingerprint density at radius 1 is 1.56 bits per heavy atom. The number of hydrogen-bond acceptors (Lipinski definition) is 4. The molecule has 0 heterocycles. The molecule has 0 aliphatic rings. The molecule has 1 aromatic rings. The second kappa shape index (κ2) is 5.54. The summed E-state index contributed by atoms with van der Waals surface area (Å²) in [5, 5.41) is 8.91. The highest BCUT2D eigenvalue weighted by molar-refractivity contribution is 7.89. The SMILES string of the molecule is C#CCC(C)NS(=O)(=O)c1ccc(N)cc1C#N. The molecular weight excluding hydrogens is 250 g/mol. The minimum absolute atomic E-state index is 0.00964. The minimum atomic E-state index is -3.76. The van der Waals surface area contributed by atoms with Gasteiger partial charge >= 0.3 is 0 Å². The molecule has 1 unspecified atom stereocenters. The molecule has 1 atom stereocenters. The van der Waals surface area contributed by atoms with E-state index in [2.05, 4.69) is 10.6 Å². The van der Waals surface area contributed by atoms with Gasteiger partial charge in [-0.3, -0.25) is 0 Å². The van der Waals surface area contributed by atoms with Crippen LogP contribution in [0.5, 0.6) is 0 Å². The van der Waals surface area contributed by atoms with Gasteiger partial charge in [-0.05, 0) is 25.1 Å². The number of rotatable bonds is 4. The molecule has 6 heteroatoms. The molecule has 5 nitrogen and oxygen atoms in total. The van der Waals surface area contributed by atoms with E-state index in [0.717, 1.165) is 0 Å². The Hall–Kier alpha value is -2.02. The number of nitrogens with zero attached hydrogens (tertiary/aromatic N) is 1.